The van der Waals surface area contributed by atoms with Gasteiger partial charge in [-0.1, -0.05) is 237 Å². The van der Waals surface area contributed by atoms with Crippen LogP contribution < -0.4 is 0 Å². The summed E-state index contributed by atoms with van der Waals surface area (Å²) in [7, 11) is 0. The van der Waals surface area contributed by atoms with Crippen LogP contribution >= 0.6 is 0 Å². The van der Waals surface area contributed by atoms with E-state index in [9.17, 15) is 14.4 Å². The summed E-state index contributed by atoms with van der Waals surface area (Å²) in [5.74, 6) is -0.957. The van der Waals surface area contributed by atoms with Gasteiger partial charge in [-0.05, 0) is 135 Å². The van der Waals surface area contributed by atoms with E-state index in [2.05, 4.69) is 167 Å². The summed E-state index contributed by atoms with van der Waals surface area (Å²) < 4.78 is 16.8. The van der Waals surface area contributed by atoms with Gasteiger partial charge in [-0.3, -0.25) is 14.4 Å². The van der Waals surface area contributed by atoms with Gasteiger partial charge in [-0.2, -0.15) is 0 Å². The van der Waals surface area contributed by atoms with Crippen molar-refractivity contribution >= 4 is 17.9 Å². The lowest BCUT2D eigenvalue weighted by Gasteiger charge is -2.18. The molecule has 1 unspecified atom stereocenters. The summed E-state index contributed by atoms with van der Waals surface area (Å²) in [5, 5.41) is 0. The molecule has 0 aliphatic heterocycles. The van der Waals surface area contributed by atoms with E-state index in [1.807, 2.05) is 0 Å². The molecule has 1 atom stereocenters. The van der Waals surface area contributed by atoms with E-state index < -0.39 is 6.10 Å². The maximum Gasteiger partial charge on any atom is 0.306 e. The molecule has 6 nitrogen and oxygen atoms in total. The Hall–Kier alpha value is -4.71. The van der Waals surface area contributed by atoms with E-state index in [-0.39, 0.29) is 37.5 Å². The molecule has 0 fully saturated rings. The lowest BCUT2D eigenvalue weighted by atomic mass is 10.1. The second-order valence-electron chi connectivity index (χ2n) is 19.1. The molecule has 0 aliphatic carbocycles. The Morgan fingerprint density at radius 3 is 0.851 bits per heavy atom. The molecule has 74 heavy (non-hydrogen) atoms. The maximum absolute atomic E-state index is 12.8. The minimum Gasteiger partial charge on any atom is -0.462 e. The zero-order valence-corrected chi connectivity index (χ0v) is 47.5. The second kappa shape index (κ2) is 60.8. The third-order valence-corrected chi connectivity index (χ3v) is 12.0. The highest BCUT2D eigenvalue weighted by Crippen LogP contribution is 2.14. The zero-order chi connectivity index (χ0) is 53.6. The molecule has 0 radical (unpaired) electrons. The molecule has 416 valence electrons. The van der Waals surface area contributed by atoms with Crippen LogP contribution in [0.4, 0.5) is 0 Å². The lowest BCUT2D eigenvalue weighted by molar-refractivity contribution is -0.167. The third-order valence-electron chi connectivity index (χ3n) is 12.0. The van der Waals surface area contributed by atoms with Crippen molar-refractivity contribution in [2.75, 3.05) is 13.2 Å². The summed E-state index contributed by atoms with van der Waals surface area (Å²) in [6.45, 7) is 6.29. The molecule has 0 N–H and O–H groups in total. The van der Waals surface area contributed by atoms with E-state index in [4.69, 9.17) is 14.2 Å². The first-order chi connectivity index (χ1) is 36.5. The summed E-state index contributed by atoms with van der Waals surface area (Å²) in [4.78, 5) is 38.0. The van der Waals surface area contributed by atoms with E-state index in [1.165, 1.54) is 44.9 Å². The van der Waals surface area contributed by atoms with Crippen LogP contribution in [0.1, 0.15) is 245 Å². The molecule has 0 aromatic heterocycles. The van der Waals surface area contributed by atoms with Gasteiger partial charge in [0.2, 0.25) is 0 Å². The Morgan fingerprint density at radius 2 is 0.527 bits per heavy atom. The predicted octanol–water partition coefficient (Wildman–Crippen LogP) is 20.4. The smallest absolute Gasteiger partial charge is 0.306 e. The molecule has 0 amide bonds. The standard InChI is InChI=1S/C68H108O6/c1-4-7-10-13-16-19-22-24-25-26-27-28-29-30-31-32-33-34-35-36-37-38-39-40-41-42-43-45-46-49-52-55-58-61-67(70)73-64-65(63-72-66(69)60-57-54-51-48-21-18-15-12-9-6-3)74-68(71)62-59-56-53-50-47-44-23-20-17-14-11-8-5-2/h7-8,10-12,15-17,19-20,24-25,27-28,30-31,33-34,36-37,39-40,44,47,65H,4-6,9,13-14,18,21-23,26,29,32,35,38,41-43,45-46,48-64H2,1-3H3/b10-7-,11-8-,15-12-,19-16-,20-17-,25-24-,28-27-,31-30-,34-33-,37-36-,40-39-,47-44-. The van der Waals surface area contributed by atoms with E-state index in [0.29, 0.717) is 12.8 Å². The molecule has 0 aromatic rings. The fourth-order valence-electron chi connectivity index (χ4n) is 7.65. The highest BCUT2D eigenvalue weighted by atomic mass is 16.6. The molecule has 0 aliphatic rings. The first-order valence-electron chi connectivity index (χ1n) is 29.8. The molecule has 0 saturated heterocycles. The molecule has 0 bridgehead atoms. The average Bonchev–Trinajstić information content (AvgIpc) is 3.40. The van der Waals surface area contributed by atoms with Crippen LogP contribution in [0.2, 0.25) is 0 Å². The van der Waals surface area contributed by atoms with Crippen molar-refractivity contribution in [2.45, 2.75) is 252 Å². The topological polar surface area (TPSA) is 78.9 Å². The Labute approximate surface area is 455 Å². The van der Waals surface area contributed by atoms with Gasteiger partial charge >= 0.3 is 17.9 Å². The second-order valence-corrected chi connectivity index (χ2v) is 19.1. The van der Waals surface area contributed by atoms with Crippen LogP contribution in [-0.2, 0) is 28.6 Å². The van der Waals surface area contributed by atoms with Crippen LogP contribution in [0.3, 0.4) is 0 Å². The molecular weight excluding hydrogens is 913 g/mol. The Kier molecular flexibility index (Phi) is 57.0. The Bertz CT molecular complexity index is 1640. The first kappa shape index (κ1) is 69.3. The average molecular weight is 1020 g/mol. The fraction of sp³-hybridized carbons (Fsp3) is 0.603. The van der Waals surface area contributed by atoms with Crippen LogP contribution in [0, 0.1) is 0 Å². The van der Waals surface area contributed by atoms with Gasteiger partial charge in [0.1, 0.15) is 13.2 Å². The van der Waals surface area contributed by atoms with Crippen molar-refractivity contribution in [1.82, 2.24) is 0 Å². The van der Waals surface area contributed by atoms with Gasteiger partial charge in [-0.15, -0.1) is 0 Å². The quantitative estimate of drug-likeness (QED) is 0.0261. The number of rotatable bonds is 52. The number of carbonyl (C=O) groups is 3. The van der Waals surface area contributed by atoms with Crippen LogP contribution in [0.25, 0.3) is 0 Å². The number of allylic oxidation sites excluding steroid dienone is 24. The Balaban J connectivity index is 4.23. The molecule has 0 saturated carbocycles. The minimum atomic E-state index is -0.804. The van der Waals surface area contributed by atoms with Crippen molar-refractivity contribution < 1.29 is 28.6 Å². The number of hydrogen-bond acceptors (Lipinski definition) is 6. The SMILES string of the molecule is CC/C=C\C/C=C\C/C=C\C/C=C\C/C=C\C/C=C\C/C=C\C/C=C\CCCCCCCCCCC(=O)OCC(COC(=O)CCCCCCC/C=C\CCC)OC(=O)CCCCC/C=C\C/C=C\C/C=C\CC. The summed E-state index contributed by atoms with van der Waals surface area (Å²) in [5.41, 5.74) is 0. The Morgan fingerprint density at radius 1 is 0.284 bits per heavy atom. The molecule has 6 heteroatoms. The number of ether oxygens (including phenoxy) is 3. The summed E-state index contributed by atoms with van der Waals surface area (Å²) in [6, 6.07) is 0. The zero-order valence-electron chi connectivity index (χ0n) is 47.5. The van der Waals surface area contributed by atoms with Crippen molar-refractivity contribution in [2.24, 2.45) is 0 Å². The number of hydrogen-bond donors (Lipinski definition) is 0. The third kappa shape index (κ3) is 58.2. The largest absolute Gasteiger partial charge is 0.462 e. The van der Waals surface area contributed by atoms with Crippen LogP contribution in [0.5, 0.6) is 0 Å². The van der Waals surface area contributed by atoms with E-state index in [1.54, 1.807) is 0 Å². The van der Waals surface area contributed by atoms with Gasteiger partial charge < -0.3 is 14.2 Å². The predicted molar refractivity (Wildman–Crippen MR) is 320 cm³/mol. The van der Waals surface area contributed by atoms with Gasteiger partial charge in [0.25, 0.3) is 0 Å². The van der Waals surface area contributed by atoms with E-state index in [0.717, 1.165) is 161 Å². The number of carbonyl (C=O) groups excluding carboxylic acids is 3. The first-order valence-corrected chi connectivity index (χ1v) is 29.8. The fourth-order valence-corrected chi connectivity index (χ4v) is 7.65. The van der Waals surface area contributed by atoms with Gasteiger partial charge in [0.05, 0.1) is 0 Å². The van der Waals surface area contributed by atoms with Crippen molar-refractivity contribution in [3.63, 3.8) is 0 Å². The molecule has 0 rings (SSSR count). The molecule has 0 heterocycles. The number of unbranched alkanes of at least 4 members (excludes halogenated alkanes) is 17. The van der Waals surface area contributed by atoms with Crippen LogP contribution in [0.15, 0.2) is 146 Å². The maximum atomic E-state index is 12.8. The molecule has 0 spiro atoms. The summed E-state index contributed by atoms with van der Waals surface area (Å²) in [6.07, 6.45) is 87.2. The van der Waals surface area contributed by atoms with Gasteiger partial charge in [0.15, 0.2) is 6.10 Å². The van der Waals surface area contributed by atoms with Crippen molar-refractivity contribution in [1.29, 1.82) is 0 Å². The molecular formula is C68H108O6. The number of esters is 3. The van der Waals surface area contributed by atoms with Gasteiger partial charge in [-0.25, -0.2) is 0 Å². The highest BCUT2D eigenvalue weighted by molar-refractivity contribution is 5.71. The monoisotopic (exact) mass is 1020 g/mol. The highest BCUT2D eigenvalue weighted by Gasteiger charge is 2.19. The van der Waals surface area contributed by atoms with Crippen LogP contribution in [-0.4, -0.2) is 37.2 Å². The van der Waals surface area contributed by atoms with E-state index >= 15 is 0 Å². The summed E-state index contributed by atoms with van der Waals surface area (Å²) >= 11 is 0. The minimum absolute atomic E-state index is 0.101. The normalized spacial score (nSPS) is 13.2. The van der Waals surface area contributed by atoms with Gasteiger partial charge in [0, 0.05) is 19.3 Å². The lowest BCUT2D eigenvalue weighted by Crippen LogP contribution is -2.30. The van der Waals surface area contributed by atoms with Crippen molar-refractivity contribution in [3.8, 4) is 0 Å². The van der Waals surface area contributed by atoms with Crippen molar-refractivity contribution in [3.05, 3.63) is 146 Å². The molecule has 0 aromatic carbocycles.